The zero-order valence-electron chi connectivity index (χ0n) is 7.95. The molecule has 0 spiro atoms. The molecule has 0 aliphatic carbocycles. The summed E-state index contributed by atoms with van der Waals surface area (Å²) in [5, 5.41) is 0. The summed E-state index contributed by atoms with van der Waals surface area (Å²) in [5.74, 6) is 0.724. The number of aldehydes is 2. The van der Waals surface area contributed by atoms with Gasteiger partial charge >= 0.3 is 0 Å². The van der Waals surface area contributed by atoms with E-state index in [9.17, 15) is 9.59 Å². The minimum Gasteiger partial charge on any atom is -0.303 e. The Morgan fingerprint density at radius 2 is 1.92 bits per heavy atom. The normalized spacial score (nSPS) is 12.9. The Labute approximate surface area is 74.3 Å². The van der Waals surface area contributed by atoms with Crippen molar-refractivity contribution < 1.29 is 9.59 Å². The Morgan fingerprint density at radius 3 is 2.33 bits per heavy atom. The van der Waals surface area contributed by atoms with Crippen molar-refractivity contribution in [3.8, 4) is 0 Å². The van der Waals surface area contributed by atoms with Crippen molar-refractivity contribution in [1.29, 1.82) is 0 Å². The van der Waals surface area contributed by atoms with E-state index in [2.05, 4.69) is 13.8 Å². The fourth-order valence-electron chi connectivity index (χ4n) is 1.31. The maximum absolute atomic E-state index is 10.5. The Bertz CT molecular complexity index is 130. The number of hydrogen-bond donors (Lipinski definition) is 0. The van der Waals surface area contributed by atoms with Gasteiger partial charge in [-0.15, -0.1) is 0 Å². The van der Waals surface area contributed by atoms with E-state index in [1.165, 1.54) is 0 Å². The molecule has 0 aromatic rings. The maximum Gasteiger partial charge on any atom is 0.123 e. The topological polar surface area (TPSA) is 34.1 Å². The van der Waals surface area contributed by atoms with Crippen LogP contribution < -0.4 is 0 Å². The highest BCUT2D eigenvalue weighted by atomic mass is 16.1. The summed E-state index contributed by atoms with van der Waals surface area (Å²) < 4.78 is 0. The lowest BCUT2D eigenvalue weighted by molar-refractivity contribution is -0.112. The van der Waals surface area contributed by atoms with Crippen molar-refractivity contribution >= 4 is 12.6 Å². The van der Waals surface area contributed by atoms with Gasteiger partial charge in [-0.05, 0) is 25.2 Å². The molecule has 0 saturated carbocycles. The van der Waals surface area contributed by atoms with E-state index < -0.39 is 0 Å². The molecule has 0 saturated heterocycles. The van der Waals surface area contributed by atoms with Gasteiger partial charge in [-0.1, -0.05) is 13.8 Å². The van der Waals surface area contributed by atoms with Crippen LogP contribution in [-0.4, -0.2) is 12.6 Å². The standard InChI is InChI=1S/C10H18O2/c1-9(2)7-10(8-12)5-3-4-6-11/h6,8-10H,3-5,7H2,1-2H3. The fourth-order valence-corrected chi connectivity index (χ4v) is 1.31. The van der Waals surface area contributed by atoms with Crippen LogP contribution in [0.5, 0.6) is 0 Å². The highest BCUT2D eigenvalue weighted by Gasteiger charge is 2.08. The van der Waals surface area contributed by atoms with Crippen LogP contribution in [0, 0.1) is 11.8 Å². The molecule has 0 fully saturated rings. The molecular weight excluding hydrogens is 152 g/mol. The van der Waals surface area contributed by atoms with Gasteiger partial charge in [0.2, 0.25) is 0 Å². The van der Waals surface area contributed by atoms with Gasteiger partial charge in [0.15, 0.2) is 0 Å². The lowest BCUT2D eigenvalue weighted by atomic mass is 9.94. The molecule has 0 amide bonds. The van der Waals surface area contributed by atoms with E-state index in [0.29, 0.717) is 12.3 Å². The van der Waals surface area contributed by atoms with E-state index in [4.69, 9.17) is 0 Å². The van der Waals surface area contributed by atoms with Crippen LogP contribution in [0.3, 0.4) is 0 Å². The molecule has 0 bridgehead atoms. The largest absolute Gasteiger partial charge is 0.303 e. The van der Waals surface area contributed by atoms with Crippen LogP contribution >= 0.6 is 0 Å². The highest BCUT2D eigenvalue weighted by Crippen LogP contribution is 2.15. The second kappa shape index (κ2) is 7.01. The Morgan fingerprint density at radius 1 is 1.25 bits per heavy atom. The molecule has 0 aromatic carbocycles. The first kappa shape index (κ1) is 11.3. The summed E-state index contributed by atoms with van der Waals surface area (Å²) in [4.78, 5) is 20.6. The van der Waals surface area contributed by atoms with E-state index in [-0.39, 0.29) is 5.92 Å². The molecular formula is C10H18O2. The molecule has 0 aliphatic heterocycles. The fraction of sp³-hybridized carbons (Fsp3) is 0.800. The predicted molar refractivity (Wildman–Crippen MR) is 48.9 cm³/mol. The predicted octanol–water partition coefficient (Wildman–Crippen LogP) is 2.22. The Balaban J connectivity index is 3.52. The van der Waals surface area contributed by atoms with Crippen molar-refractivity contribution in [2.24, 2.45) is 11.8 Å². The van der Waals surface area contributed by atoms with Crippen molar-refractivity contribution in [3.05, 3.63) is 0 Å². The third-order valence-corrected chi connectivity index (χ3v) is 1.86. The lowest BCUT2D eigenvalue weighted by Gasteiger charge is -2.11. The van der Waals surface area contributed by atoms with Crippen molar-refractivity contribution in [1.82, 2.24) is 0 Å². The van der Waals surface area contributed by atoms with Gasteiger partial charge in [0, 0.05) is 12.3 Å². The van der Waals surface area contributed by atoms with Gasteiger partial charge in [0.25, 0.3) is 0 Å². The molecule has 0 heterocycles. The molecule has 0 aromatic heterocycles. The van der Waals surface area contributed by atoms with Gasteiger partial charge in [-0.3, -0.25) is 0 Å². The van der Waals surface area contributed by atoms with E-state index in [0.717, 1.165) is 31.8 Å². The summed E-state index contributed by atoms with van der Waals surface area (Å²) in [5.41, 5.74) is 0. The van der Waals surface area contributed by atoms with E-state index in [1.54, 1.807) is 0 Å². The Hall–Kier alpha value is -0.660. The molecule has 0 aliphatic rings. The SMILES string of the molecule is CC(C)CC(C=O)CCCC=O. The molecule has 12 heavy (non-hydrogen) atoms. The second-order valence-corrected chi connectivity index (χ2v) is 3.62. The highest BCUT2D eigenvalue weighted by molar-refractivity contribution is 5.53. The first-order chi connectivity index (χ1) is 5.70. The molecule has 70 valence electrons. The van der Waals surface area contributed by atoms with Gasteiger partial charge in [-0.25, -0.2) is 0 Å². The summed E-state index contributed by atoms with van der Waals surface area (Å²) in [6.07, 6.45) is 5.17. The second-order valence-electron chi connectivity index (χ2n) is 3.62. The van der Waals surface area contributed by atoms with Crippen LogP contribution in [-0.2, 0) is 9.59 Å². The number of rotatable bonds is 7. The number of carbonyl (C=O) groups excluding carboxylic acids is 2. The number of unbranched alkanes of at least 4 members (excludes halogenated alkanes) is 1. The minimum absolute atomic E-state index is 0.157. The van der Waals surface area contributed by atoms with Crippen LogP contribution in [0.25, 0.3) is 0 Å². The molecule has 0 rings (SSSR count). The Kier molecular flexibility index (Phi) is 6.63. The summed E-state index contributed by atoms with van der Waals surface area (Å²) in [7, 11) is 0. The average molecular weight is 170 g/mol. The quantitative estimate of drug-likeness (QED) is 0.433. The molecule has 1 unspecified atom stereocenters. The minimum atomic E-state index is 0.157. The van der Waals surface area contributed by atoms with Crippen LogP contribution in [0.1, 0.15) is 39.5 Å². The van der Waals surface area contributed by atoms with Crippen LogP contribution in [0.15, 0.2) is 0 Å². The van der Waals surface area contributed by atoms with Crippen molar-refractivity contribution in [2.75, 3.05) is 0 Å². The molecule has 2 heteroatoms. The van der Waals surface area contributed by atoms with E-state index in [1.807, 2.05) is 0 Å². The third kappa shape index (κ3) is 6.08. The summed E-state index contributed by atoms with van der Waals surface area (Å²) >= 11 is 0. The van der Waals surface area contributed by atoms with Gasteiger partial charge < -0.3 is 9.59 Å². The van der Waals surface area contributed by atoms with Gasteiger partial charge in [-0.2, -0.15) is 0 Å². The zero-order chi connectivity index (χ0) is 9.40. The first-order valence-corrected chi connectivity index (χ1v) is 4.59. The molecule has 2 nitrogen and oxygen atoms in total. The maximum atomic E-state index is 10.5. The average Bonchev–Trinajstić information content (AvgIpc) is 2.02. The smallest absolute Gasteiger partial charge is 0.123 e. The van der Waals surface area contributed by atoms with Crippen molar-refractivity contribution in [2.45, 2.75) is 39.5 Å². The third-order valence-electron chi connectivity index (χ3n) is 1.86. The van der Waals surface area contributed by atoms with Crippen LogP contribution in [0.2, 0.25) is 0 Å². The van der Waals surface area contributed by atoms with E-state index >= 15 is 0 Å². The molecule has 0 N–H and O–H groups in total. The van der Waals surface area contributed by atoms with Crippen LogP contribution in [0.4, 0.5) is 0 Å². The number of hydrogen-bond acceptors (Lipinski definition) is 2. The summed E-state index contributed by atoms with van der Waals surface area (Å²) in [6.45, 7) is 4.21. The molecule has 0 radical (unpaired) electrons. The molecule has 1 atom stereocenters. The van der Waals surface area contributed by atoms with Crippen molar-refractivity contribution in [3.63, 3.8) is 0 Å². The monoisotopic (exact) mass is 170 g/mol. The summed E-state index contributed by atoms with van der Waals surface area (Å²) in [6, 6.07) is 0. The number of carbonyl (C=O) groups is 2. The zero-order valence-corrected chi connectivity index (χ0v) is 7.95. The van der Waals surface area contributed by atoms with Gasteiger partial charge in [0.1, 0.15) is 12.6 Å². The van der Waals surface area contributed by atoms with Gasteiger partial charge in [0.05, 0.1) is 0 Å². The lowest BCUT2D eigenvalue weighted by Crippen LogP contribution is -2.05. The first-order valence-electron chi connectivity index (χ1n) is 4.59.